The van der Waals surface area contributed by atoms with Crippen molar-refractivity contribution in [2.75, 3.05) is 0 Å². The van der Waals surface area contributed by atoms with Gasteiger partial charge in [-0.15, -0.1) is 0 Å². The second kappa shape index (κ2) is 7.28. The lowest BCUT2D eigenvalue weighted by Crippen LogP contribution is -2.12. The van der Waals surface area contributed by atoms with E-state index in [1.807, 2.05) is 25.1 Å². The molecule has 0 aliphatic heterocycles. The molecule has 0 atom stereocenters. The Morgan fingerprint density at radius 3 is 2.67 bits per heavy atom. The van der Waals surface area contributed by atoms with Gasteiger partial charge in [0.05, 0.1) is 23.2 Å². The van der Waals surface area contributed by atoms with Gasteiger partial charge < -0.3 is 14.9 Å². The molecule has 2 N–H and O–H groups in total. The van der Waals surface area contributed by atoms with Crippen LogP contribution in [0.1, 0.15) is 27.0 Å². The first-order valence-corrected chi connectivity index (χ1v) is 8.04. The van der Waals surface area contributed by atoms with Gasteiger partial charge in [0, 0.05) is 22.6 Å². The molecule has 3 rings (SSSR count). The molecule has 2 aromatic carbocycles. The number of primary amides is 1. The summed E-state index contributed by atoms with van der Waals surface area (Å²) in [6, 6.07) is 9.41. The van der Waals surface area contributed by atoms with Crippen molar-refractivity contribution in [3.63, 3.8) is 0 Å². The number of carbonyl (C=O) groups is 2. The van der Waals surface area contributed by atoms with E-state index in [0.29, 0.717) is 11.1 Å². The smallest absolute Gasteiger partial charge is 0.310 e. The Hall–Kier alpha value is -3.68. The molecule has 0 saturated carbocycles. The van der Waals surface area contributed by atoms with Crippen molar-refractivity contribution in [2.45, 2.75) is 20.0 Å². The molecule has 8 heteroatoms. The van der Waals surface area contributed by atoms with E-state index < -0.39 is 16.8 Å². The Kier molecular flexibility index (Phi) is 4.89. The number of nitrogens with two attached hydrogens (primary N) is 1. The molecule has 27 heavy (non-hydrogen) atoms. The maximum Gasteiger partial charge on any atom is 0.310 e. The molecule has 0 radical (unpaired) electrons. The quantitative estimate of drug-likeness (QED) is 0.405. The van der Waals surface area contributed by atoms with E-state index in [9.17, 15) is 19.7 Å². The molecule has 0 spiro atoms. The number of hydrogen-bond acceptors (Lipinski definition) is 6. The first kappa shape index (κ1) is 18.1. The molecule has 0 saturated heterocycles. The summed E-state index contributed by atoms with van der Waals surface area (Å²) < 4.78 is 10.6. The molecule has 1 amide bonds. The van der Waals surface area contributed by atoms with Gasteiger partial charge >= 0.3 is 5.97 Å². The molecule has 0 aliphatic carbocycles. The van der Waals surface area contributed by atoms with Gasteiger partial charge in [0.2, 0.25) is 5.91 Å². The fraction of sp³-hybridized carbons (Fsp3) is 0.158. The van der Waals surface area contributed by atoms with Crippen LogP contribution < -0.4 is 5.73 Å². The molecule has 0 aliphatic rings. The number of fused-ring (bicyclic) bond motifs is 1. The van der Waals surface area contributed by atoms with Gasteiger partial charge in [-0.1, -0.05) is 12.1 Å². The number of nitro benzene ring substituents is 1. The maximum absolute atomic E-state index is 12.1. The van der Waals surface area contributed by atoms with Crippen LogP contribution in [0.4, 0.5) is 5.69 Å². The monoisotopic (exact) mass is 368 g/mol. The SMILES string of the molecule is Cc1ccc2c(CC(=O)OCc3ccc(C(N)=O)cc3[N+](=O)[O-])coc2c1. The van der Waals surface area contributed by atoms with Gasteiger partial charge in [-0.05, 0) is 30.7 Å². The van der Waals surface area contributed by atoms with Gasteiger partial charge in [0.15, 0.2) is 0 Å². The minimum absolute atomic E-state index is 0.0111. The maximum atomic E-state index is 12.1. The largest absolute Gasteiger partial charge is 0.464 e. The number of aryl methyl sites for hydroxylation is 1. The van der Waals surface area contributed by atoms with E-state index in [4.69, 9.17) is 14.9 Å². The van der Waals surface area contributed by atoms with Crippen molar-refractivity contribution in [3.05, 3.63) is 75.0 Å². The molecule has 3 aromatic rings. The van der Waals surface area contributed by atoms with Crippen LogP contribution in [0.2, 0.25) is 0 Å². The Morgan fingerprint density at radius 1 is 1.19 bits per heavy atom. The molecule has 0 bridgehead atoms. The molecule has 138 valence electrons. The van der Waals surface area contributed by atoms with Crippen LogP contribution in [0.3, 0.4) is 0 Å². The highest BCUT2D eigenvalue weighted by Gasteiger charge is 2.18. The standard InChI is InChI=1S/C19H16N2O6/c1-11-2-5-15-14(10-26-17(15)6-11)8-18(22)27-9-13-4-3-12(19(20)23)7-16(13)21(24)25/h2-7,10H,8-9H2,1H3,(H2,20,23). The average Bonchev–Trinajstić information content (AvgIpc) is 3.01. The number of nitrogens with zero attached hydrogens (tertiary/aromatic N) is 1. The molecule has 8 nitrogen and oxygen atoms in total. The summed E-state index contributed by atoms with van der Waals surface area (Å²) in [6.45, 7) is 1.65. The van der Waals surface area contributed by atoms with E-state index in [2.05, 4.69) is 0 Å². The molecule has 0 fully saturated rings. The highest BCUT2D eigenvalue weighted by Crippen LogP contribution is 2.24. The van der Waals surface area contributed by atoms with E-state index in [-0.39, 0.29) is 29.8 Å². The summed E-state index contributed by atoms with van der Waals surface area (Å²) in [6.07, 6.45) is 1.47. The van der Waals surface area contributed by atoms with Gasteiger partial charge in [-0.25, -0.2) is 0 Å². The summed E-state index contributed by atoms with van der Waals surface area (Å²) in [4.78, 5) is 33.8. The van der Waals surface area contributed by atoms with E-state index >= 15 is 0 Å². The van der Waals surface area contributed by atoms with Crippen LogP contribution in [0.25, 0.3) is 11.0 Å². The van der Waals surface area contributed by atoms with E-state index in [1.54, 1.807) is 0 Å². The second-order valence-electron chi connectivity index (χ2n) is 6.06. The fourth-order valence-corrected chi connectivity index (χ4v) is 2.70. The highest BCUT2D eigenvalue weighted by atomic mass is 16.6. The lowest BCUT2D eigenvalue weighted by molar-refractivity contribution is -0.385. The number of furan rings is 1. The van der Waals surface area contributed by atoms with Crippen molar-refractivity contribution in [1.82, 2.24) is 0 Å². The zero-order chi connectivity index (χ0) is 19.6. The first-order chi connectivity index (χ1) is 12.8. The molecule has 1 heterocycles. The number of esters is 1. The number of amides is 1. The van der Waals surface area contributed by atoms with Crippen molar-refractivity contribution in [3.8, 4) is 0 Å². The minimum Gasteiger partial charge on any atom is -0.464 e. The number of rotatable bonds is 6. The lowest BCUT2D eigenvalue weighted by Gasteiger charge is -2.06. The Labute approximate surface area is 153 Å². The van der Waals surface area contributed by atoms with Crippen molar-refractivity contribution < 1.29 is 23.7 Å². The van der Waals surface area contributed by atoms with Crippen molar-refractivity contribution >= 4 is 28.5 Å². The summed E-state index contributed by atoms with van der Waals surface area (Å²) in [5, 5.41) is 12.0. The summed E-state index contributed by atoms with van der Waals surface area (Å²) in [5.74, 6) is -1.32. The first-order valence-electron chi connectivity index (χ1n) is 8.04. The van der Waals surface area contributed by atoms with Gasteiger partial charge in [0.1, 0.15) is 12.2 Å². The van der Waals surface area contributed by atoms with Crippen LogP contribution in [-0.4, -0.2) is 16.8 Å². The third kappa shape index (κ3) is 3.95. The van der Waals surface area contributed by atoms with Crippen LogP contribution in [-0.2, 0) is 22.6 Å². The zero-order valence-electron chi connectivity index (χ0n) is 14.4. The number of hydrogen-bond donors (Lipinski definition) is 1. The average molecular weight is 368 g/mol. The Morgan fingerprint density at radius 2 is 1.96 bits per heavy atom. The van der Waals surface area contributed by atoms with Gasteiger partial charge in [-0.3, -0.25) is 19.7 Å². The van der Waals surface area contributed by atoms with Crippen LogP contribution in [0.5, 0.6) is 0 Å². The van der Waals surface area contributed by atoms with Crippen molar-refractivity contribution in [2.24, 2.45) is 5.73 Å². The van der Waals surface area contributed by atoms with Crippen molar-refractivity contribution in [1.29, 1.82) is 0 Å². The zero-order valence-corrected chi connectivity index (χ0v) is 14.4. The van der Waals surface area contributed by atoms with Gasteiger partial charge in [0.25, 0.3) is 5.69 Å². The predicted octanol–water partition coefficient (Wildman–Crippen LogP) is 3.03. The third-order valence-corrected chi connectivity index (χ3v) is 4.10. The normalized spacial score (nSPS) is 10.7. The summed E-state index contributed by atoms with van der Waals surface area (Å²) >= 11 is 0. The Balaban J connectivity index is 1.72. The second-order valence-corrected chi connectivity index (χ2v) is 6.06. The predicted molar refractivity (Wildman–Crippen MR) is 96.1 cm³/mol. The number of benzene rings is 2. The Bertz CT molecular complexity index is 1050. The molecule has 0 unspecified atom stereocenters. The van der Waals surface area contributed by atoms with Crippen LogP contribution >= 0.6 is 0 Å². The number of ether oxygens (including phenoxy) is 1. The number of nitro groups is 1. The topological polar surface area (TPSA) is 126 Å². The van der Waals surface area contributed by atoms with Crippen LogP contribution in [0, 0.1) is 17.0 Å². The summed E-state index contributed by atoms with van der Waals surface area (Å²) in [5.41, 5.74) is 7.37. The molecular formula is C19H16N2O6. The lowest BCUT2D eigenvalue weighted by atomic mass is 10.1. The fourth-order valence-electron chi connectivity index (χ4n) is 2.70. The molecule has 1 aromatic heterocycles. The van der Waals surface area contributed by atoms with E-state index in [0.717, 1.165) is 17.0 Å². The summed E-state index contributed by atoms with van der Waals surface area (Å²) in [7, 11) is 0. The van der Waals surface area contributed by atoms with Gasteiger partial charge in [-0.2, -0.15) is 0 Å². The number of carbonyl (C=O) groups excluding carboxylic acids is 2. The van der Waals surface area contributed by atoms with E-state index in [1.165, 1.54) is 18.4 Å². The minimum atomic E-state index is -0.774. The van der Waals surface area contributed by atoms with Crippen LogP contribution in [0.15, 0.2) is 47.1 Å². The third-order valence-electron chi connectivity index (χ3n) is 4.10. The highest BCUT2D eigenvalue weighted by molar-refractivity contribution is 5.93. The molecular weight excluding hydrogens is 352 g/mol.